The maximum atomic E-state index is 10.6. The van der Waals surface area contributed by atoms with Gasteiger partial charge in [-0.3, -0.25) is 0 Å². The van der Waals surface area contributed by atoms with E-state index in [9.17, 15) is 5.11 Å². The van der Waals surface area contributed by atoms with Gasteiger partial charge in [-0.2, -0.15) is 0 Å². The maximum Gasteiger partial charge on any atom is 0.162 e. The average molecular weight is 490 g/mol. The summed E-state index contributed by atoms with van der Waals surface area (Å²) in [6, 6.07) is 12.2. The lowest BCUT2D eigenvalue weighted by Crippen LogP contribution is -2.39. The standard InChI is InChI=1S/C28H32ClN5O/c1-17-9-10-19(29)13-24(17)34-12-11-22-21(15-34)27(33(5)16-28(3,4)35)32-26(31-22)20-7-6-8-23-25(20)18(2)14-30-23/h6-10,13-14,30,35H,11-12,15-16H2,1-5H3. The first-order valence-corrected chi connectivity index (χ1v) is 12.4. The molecule has 4 aromatic rings. The van der Waals surface area contributed by atoms with E-state index in [1.54, 1.807) is 0 Å². The Kier molecular flexibility index (Phi) is 5.98. The van der Waals surface area contributed by atoms with Crippen molar-refractivity contribution in [2.75, 3.05) is 29.9 Å². The predicted molar refractivity (Wildman–Crippen MR) is 145 cm³/mol. The highest BCUT2D eigenvalue weighted by atomic mass is 35.5. The zero-order valence-corrected chi connectivity index (χ0v) is 21.7. The predicted octanol–water partition coefficient (Wildman–Crippen LogP) is 5.66. The SMILES string of the molecule is Cc1ccc(Cl)cc1N1CCc2nc(-c3cccc4[nH]cc(C)c34)nc(N(C)CC(C)(C)O)c2C1. The lowest BCUT2D eigenvalue weighted by atomic mass is 10.0. The molecule has 0 atom stereocenters. The minimum atomic E-state index is -0.859. The molecule has 7 heteroatoms. The number of nitrogens with one attached hydrogen (secondary N) is 1. The number of H-pyrrole nitrogens is 1. The monoisotopic (exact) mass is 489 g/mol. The molecule has 0 fully saturated rings. The molecule has 0 saturated carbocycles. The molecular formula is C28H32ClN5O. The van der Waals surface area contributed by atoms with Gasteiger partial charge in [0.15, 0.2) is 5.82 Å². The highest BCUT2D eigenvalue weighted by molar-refractivity contribution is 6.30. The minimum absolute atomic E-state index is 0.458. The van der Waals surface area contributed by atoms with E-state index in [1.807, 2.05) is 45.3 Å². The van der Waals surface area contributed by atoms with Gasteiger partial charge in [0.1, 0.15) is 5.82 Å². The summed E-state index contributed by atoms with van der Waals surface area (Å²) < 4.78 is 0. The molecule has 0 amide bonds. The fourth-order valence-electron chi connectivity index (χ4n) is 5.16. The number of aryl methyl sites for hydroxylation is 2. The van der Waals surface area contributed by atoms with Gasteiger partial charge in [0, 0.05) is 72.0 Å². The first kappa shape index (κ1) is 23.6. The van der Waals surface area contributed by atoms with Gasteiger partial charge < -0.3 is 19.9 Å². The Morgan fingerprint density at radius 3 is 2.71 bits per heavy atom. The van der Waals surface area contributed by atoms with E-state index in [0.717, 1.165) is 63.0 Å². The largest absolute Gasteiger partial charge is 0.389 e. The molecule has 3 heterocycles. The van der Waals surface area contributed by atoms with Crippen LogP contribution in [0.2, 0.25) is 5.02 Å². The molecule has 0 radical (unpaired) electrons. The number of benzene rings is 2. The smallest absolute Gasteiger partial charge is 0.162 e. The number of fused-ring (bicyclic) bond motifs is 2. The normalized spacial score (nSPS) is 13.9. The van der Waals surface area contributed by atoms with E-state index < -0.39 is 5.60 Å². The zero-order valence-electron chi connectivity index (χ0n) is 21.0. The number of rotatable bonds is 5. The van der Waals surface area contributed by atoms with Crippen LogP contribution >= 0.6 is 11.6 Å². The number of aromatic amines is 1. The number of aliphatic hydroxyl groups is 1. The number of aromatic nitrogens is 3. The quantitative estimate of drug-likeness (QED) is 0.378. The molecule has 0 unspecified atom stereocenters. The molecular weight excluding hydrogens is 458 g/mol. The summed E-state index contributed by atoms with van der Waals surface area (Å²) in [5.74, 6) is 1.59. The van der Waals surface area contributed by atoms with Crippen LogP contribution in [0.4, 0.5) is 11.5 Å². The zero-order chi connectivity index (χ0) is 24.9. The van der Waals surface area contributed by atoms with E-state index in [2.05, 4.69) is 46.8 Å². The van der Waals surface area contributed by atoms with Crippen molar-refractivity contribution in [2.24, 2.45) is 0 Å². The van der Waals surface area contributed by atoms with Crippen LogP contribution in [-0.2, 0) is 13.0 Å². The van der Waals surface area contributed by atoms with Crippen LogP contribution in [0.5, 0.6) is 0 Å². The van der Waals surface area contributed by atoms with E-state index >= 15 is 0 Å². The molecule has 6 nitrogen and oxygen atoms in total. The Balaban J connectivity index is 1.64. The number of hydrogen-bond donors (Lipinski definition) is 2. The molecule has 0 spiro atoms. The molecule has 35 heavy (non-hydrogen) atoms. The molecule has 1 aliphatic heterocycles. The van der Waals surface area contributed by atoms with Gasteiger partial charge >= 0.3 is 0 Å². The van der Waals surface area contributed by atoms with Crippen LogP contribution < -0.4 is 9.80 Å². The van der Waals surface area contributed by atoms with Crippen molar-refractivity contribution in [3.63, 3.8) is 0 Å². The van der Waals surface area contributed by atoms with Crippen molar-refractivity contribution in [2.45, 2.75) is 46.3 Å². The molecule has 0 bridgehead atoms. The summed E-state index contributed by atoms with van der Waals surface area (Å²) in [7, 11) is 2.00. The summed E-state index contributed by atoms with van der Waals surface area (Å²) in [4.78, 5) is 18.0. The third kappa shape index (κ3) is 4.60. The molecule has 2 N–H and O–H groups in total. The summed E-state index contributed by atoms with van der Waals surface area (Å²) in [5.41, 5.74) is 6.91. The van der Waals surface area contributed by atoms with Crippen LogP contribution in [0.3, 0.4) is 0 Å². The molecule has 182 valence electrons. The third-order valence-corrected chi connectivity index (χ3v) is 6.91. The molecule has 0 aliphatic carbocycles. The number of anilines is 2. The maximum absolute atomic E-state index is 10.6. The van der Waals surface area contributed by atoms with Crippen LogP contribution in [0.15, 0.2) is 42.6 Å². The van der Waals surface area contributed by atoms with E-state index in [4.69, 9.17) is 21.6 Å². The highest BCUT2D eigenvalue weighted by Gasteiger charge is 2.28. The lowest BCUT2D eigenvalue weighted by Gasteiger charge is -2.35. The Labute approximate surface area is 211 Å². The summed E-state index contributed by atoms with van der Waals surface area (Å²) >= 11 is 6.34. The fourth-order valence-corrected chi connectivity index (χ4v) is 5.33. The number of likely N-dealkylation sites (N-methyl/N-ethyl adjacent to an activating group) is 1. The minimum Gasteiger partial charge on any atom is -0.389 e. The van der Waals surface area contributed by atoms with E-state index in [-0.39, 0.29) is 0 Å². The van der Waals surface area contributed by atoms with Gasteiger partial charge in [0.05, 0.1) is 11.3 Å². The molecule has 2 aromatic heterocycles. The molecule has 1 aliphatic rings. The van der Waals surface area contributed by atoms with Crippen molar-refractivity contribution in [1.82, 2.24) is 15.0 Å². The first-order chi connectivity index (χ1) is 16.6. The number of nitrogens with zero attached hydrogens (tertiary/aromatic N) is 4. The van der Waals surface area contributed by atoms with Crippen LogP contribution in [0.1, 0.15) is 36.2 Å². The lowest BCUT2D eigenvalue weighted by molar-refractivity contribution is 0.0884. The Hall–Kier alpha value is -3.09. The summed E-state index contributed by atoms with van der Waals surface area (Å²) in [5, 5.41) is 12.5. The molecule has 0 saturated heterocycles. The van der Waals surface area contributed by atoms with Gasteiger partial charge in [0.25, 0.3) is 0 Å². The van der Waals surface area contributed by atoms with E-state index in [0.29, 0.717) is 13.1 Å². The van der Waals surface area contributed by atoms with Gasteiger partial charge in [-0.1, -0.05) is 29.8 Å². The average Bonchev–Trinajstić information content (AvgIpc) is 3.19. The van der Waals surface area contributed by atoms with Crippen LogP contribution in [0, 0.1) is 13.8 Å². The second-order valence-corrected chi connectivity index (χ2v) is 10.7. The van der Waals surface area contributed by atoms with Crippen LogP contribution in [-0.4, -0.2) is 45.8 Å². The van der Waals surface area contributed by atoms with E-state index in [1.165, 1.54) is 11.1 Å². The Morgan fingerprint density at radius 2 is 1.94 bits per heavy atom. The number of halogens is 1. The highest BCUT2D eigenvalue weighted by Crippen LogP contribution is 2.36. The van der Waals surface area contributed by atoms with Crippen molar-refractivity contribution < 1.29 is 5.11 Å². The number of hydrogen-bond acceptors (Lipinski definition) is 5. The van der Waals surface area contributed by atoms with Gasteiger partial charge in [-0.05, 0) is 57.0 Å². The Bertz CT molecular complexity index is 1400. The topological polar surface area (TPSA) is 68.3 Å². The van der Waals surface area contributed by atoms with Crippen molar-refractivity contribution in [3.05, 3.63) is 70.0 Å². The second kappa shape index (κ2) is 8.85. The Morgan fingerprint density at radius 1 is 1.14 bits per heavy atom. The van der Waals surface area contributed by atoms with Gasteiger partial charge in [-0.15, -0.1) is 0 Å². The summed E-state index contributed by atoms with van der Waals surface area (Å²) in [6.07, 6.45) is 2.83. The van der Waals surface area contributed by atoms with Gasteiger partial charge in [0.2, 0.25) is 0 Å². The van der Waals surface area contributed by atoms with Gasteiger partial charge in [-0.25, -0.2) is 9.97 Å². The van der Waals surface area contributed by atoms with Crippen molar-refractivity contribution in [1.29, 1.82) is 0 Å². The van der Waals surface area contributed by atoms with Crippen molar-refractivity contribution in [3.8, 4) is 11.4 Å². The molecule has 5 rings (SSSR count). The van der Waals surface area contributed by atoms with Crippen molar-refractivity contribution >= 4 is 34.0 Å². The fraction of sp³-hybridized carbons (Fsp3) is 0.357. The summed E-state index contributed by atoms with van der Waals surface area (Å²) in [6.45, 7) is 9.87. The van der Waals surface area contributed by atoms with Crippen LogP contribution in [0.25, 0.3) is 22.3 Å². The first-order valence-electron chi connectivity index (χ1n) is 12.0. The third-order valence-electron chi connectivity index (χ3n) is 6.68. The molecule has 2 aromatic carbocycles. The second-order valence-electron chi connectivity index (χ2n) is 10.3.